The number of methoxy groups -OCH3 is 1. The highest BCUT2D eigenvalue weighted by Gasteiger charge is 2.38. The monoisotopic (exact) mass is 451 g/mol. The minimum Gasteiger partial charge on any atom is -0.497 e. The molecule has 1 aliphatic rings. The summed E-state index contributed by atoms with van der Waals surface area (Å²) in [5.41, 5.74) is 1.38. The van der Waals surface area contributed by atoms with Crippen LogP contribution in [0.5, 0.6) is 5.75 Å². The predicted octanol–water partition coefficient (Wildman–Crippen LogP) is 4.88. The highest BCUT2D eigenvalue weighted by atomic mass is 19.1. The Labute approximate surface area is 190 Å². The number of hydrogen-bond acceptors (Lipinski definition) is 5. The van der Waals surface area contributed by atoms with Gasteiger partial charge in [-0.25, -0.2) is 13.6 Å². The van der Waals surface area contributed by atoms with E-state index in [0.29, 0.717) is 5.84 Å². The Morgan fingerprint density at radius 1 is 1.03 bits per heavy atom. The summed E-state index contributed by atoms with van der Waals surface area (Å²) in [5.74, 6) is -1.85. The van der Waals surface area contributed by atoms with Crippen molar-refractivity contribution in [1.29, 1.82) is 0 Å². The van der Waals surface area contributed by atoms with Gasteiger partial charge in [0.1, 0.15) is 29.8 Å². The molecule has 33 heavy (non-hydrogen) atoms. The lowest BCUT2D eigenvalue weighted by Crippen LogP contribution is -2.45. The molecule has 0 aliphatic carbocycles. The van der Waals surface area contributed by atoms with Gasteiger partial charge in [-0.05, 0) is 17.7 Å². The maximum absolute atomic E-state index is 14.8. The summed E-state index contributed by atoms with van der Waals surface area (Å²) in [4.78, 5) is 17.0. The smallest absolute Gasteiger partial charge is 0.408 e. The van der Waals surface area contributed by atoms with Crippen LogP contribution in [0.3, 0.4) is 0 Å². The molecule has 1 heterocycles. The fourth-order valence-electron chi connectivity index (χ4n) is 3.73. The maximum atomic E-state index is 14.8. The Hall–Kier alpha value is -3.94. The molecule has 0 saturated heterocycles. The zero-order valence-corrected chi connectivity index (χ0v) is 17.9. The number of aliphatic imine (C=N–C) groups is 1. The van der Waals surface area contributed by atoms with E-state index >= 15 is 0 Å². The zero-order valence-electron chi connectivity index (χ0n) is 17.9. The van der Waals surface area contributed by atoms with Gasteiger partial charge in [-0.1, -0.05) is 48.5 Å². The van der Waals surface area contributed by atoms with Crippen LogP contribution in [0.15, 0.2) is 77.8 Å². The van der Waals surface area contributed by atoms with Crippen LogP contribution in [0.1, 0.15) is 17.0 Å². The van der Waals surface area contributed by atoms with Gasteiger partial charge in [-0.15, -0.1) is 0 Å². The second-order valence-corrected chi connectivity index (χ2v) is 7.51. The molecule has 0 unspecified atom stereocenters. The Bertz CT molecular complexity index is 1120. The van der Waals surface area contributed by atoms with Crippen LogP contribution in [0, 0.1) is 11.6 Å². The summed E-state index contributed by atoms with van der Waals surface area (Å²) >= 11 is 0. The number of nitrogens with one attached hydrogen (secondary N) is 2. The third kappa shape index (κ3) is 5.28. The Morgan fingerprint density at radius 3 is 2.30 bits per heavy atom. The molecule has 0 bridgehead atoms. The molecule has 0 fully saturated rings. The highest BCUT2D eigenvalue weighted by Crippen LogP contribution is 2.33. The first-order valence-corrected chi connectivity index (χ1v) is 10.4. The molecule has 0 spiro atoms. The van der Waals surface area contributed by atoms with Gasteiger partial charge < -0.3 is 20.1 Å². The lowest BCUT2D eigenvalue weighted by atomic mass is 9.91. The van der Waals surface area contributed by atoms with E-state index in [9.17, 15) is 13.6 Å². The van der Waals surface area contributed by atoms with Crippen molar-refractivity contribution in [3.05, 3.63) is 95.6 Å². The normalized spacial score (nSPS) is 17.2. The fourth-order valence-corrected chi connectivity index (χ4v) is 3.73. The van der Waals surface area contributed by atoms with E-state index in [1.165, 1.54) is 7.11 Å². The van der Waals surface area contributed by atoms with E-state index in [0.717, 1.165) is 23.4 Å². The minimum atomic E-state index is -0.828. The second-order valence-electron chi connectivity index (χ2n) is 7.51. The number of alkyl carbamates (subject to hydrolysis) is 1. The number of amidine groups is 1. The number of carbonyl (C=O) groups excluding carboxylic acids is 1. The number of amides is 1. The molecule has 1 amide bonds. The third-order valence-corrected chi connectivity index (χ3v) is 5.35. The van der Waals surface area contributed by atoms with Crippen LogP contribution >= 0.6 is 0 Å². The molecule has 0 saturated carbocycles. The first-order chi connectivity index (χ1) is 16.0. The van der Waals surface area contributed by atoms with Gasteiger partial charge in [-0.3, -0.25) is 4.99 Å². The van der Waals surface area contributed by atoms with Gasteiger partial charge in [0.05, 0.1) is 19.7 Å². The summed E-state index contributed by atoms with van der Waals surface area (Å²) in [6.45, 7) is 0.146. The molecule has 0 aromatic heterocycles. The van der Waals surface area contributed by atoms with Crippen LogP contribution in [0.4, 0.5) is 19.3 Å². The van der Waals surface area contributed by atoms with Crippen molar-refractivity contribution in [2.45, 2.75) is 18.6 Å². The molecule has 3 aromatic carbocycles. The number of para-hydroxylation sites is 1. The van der Waals surface area contributed by atoms with Crippen LogP contribution in [0.25, 0.3) is 0 Å². The Kier molecular flexibility index (Phi) is 6.83. The first kappa shape index (κ1) is 22.3. The van der Waals surface area contributed by atoms with Gasteiger partial charge in [0.15, 0.2) is 0 Å². The molecular formula is C25H23F2N3O3. The number of halogens is 2. The van der Waals surface area contributed by atoms with Gasteiger partial charge in [0.2, 0.25) is 0 Å². The summed E-state index contributed by atoms with van der Waals surface area (Å²) in [5, 5.41) is 5.87. The molecule has 2 N–H and O–H groups in total. The van der Waals surface area contributed by atoms with Crippen LogP contribution in [-0.2, 0) is 11.3 Å². The van der Waals surface area contributed by atoms with Crippen molar-refractivity contribution in [1.82, 2.24) is 5.32 Å². The van der Waals surface area contributed by atoms with Gasteiger partial charge in [-0.2, -0.15) is 0 Å². The van der Waals surface area contributed by atoms with E-state index in [2.05, 4.69) is 15.6 Å². The molecule has 170 valence electrons. The summed E-state index contributed by atoms with van der Waals surface area (Å²) < 4.78 is 40.0. The zero-order chi connectivity index (χ0) is 23.2. The predicted molar refractivity (Wildman–Crippen MR) is 122 cm³/mol. The molecular weight excluding hydrogens is 428 g/mol. The second kappa shape index (κ2) is 10.1. The lowest BCUT2D eigenvalue weighted by molar-refractivity contribution is 0.137. The van der Waals surface area contributed by atoms with Gasteiger partial charge >= 0.3 is 6.09 Å². The molecule has 8 heteroatoms. The summed E-state index contributed by atoms with van der Waals surface area (Å²) in [6, 6.07) is 19.8. The van der Waals surface area contributed by atoms with Crippen molar-refractivity contribution in [3.63, 3.8) is 0 Å². The van der Waals surface area contributed by atoms with Crippen molar-refractivity contribution >= 4 is 17.6 Å². The largest absolute Gasteiger partial charge is 0.497 e. The first-order valence-electron chi connectivity index (χ1n) is 10.4. The van der Waals surface area contributed by atoms with E-state index in [-0.39, 0.29) is 24.5 Å². The van der Waals surface area contributed by atoms with Crippen molar-refractivity contribution in [2.75, 3.05) is 19.0 Å². The van der Waals surface area contributed by atoms with E-state index < -0.39 is 29.7 Å². The van der Waals surface area contributed by atoms with Crippen LogP contribution < -0.4 is 15.4 Å². The number of benzene rings is 3. The molecule has 0 radical (unpaired) electrons. The van der Waals surface area contributed by atoms with Crippen molar-refractivity contribution in [2.24, 2.45) is 4.99 Å². The Morgan fingerprint density at radius 2 is 1.67 bits per heavy atom. The minimum absolute atomic E-state index is 0.0634. The van der Waals surface area contributed by atoms with E-state index in [4.69, 9.17) is 9.47 Å². The third-order valence-electron chi connectivity index (χ3n) is 5.35. The van der Waals surface area contributed by atoms with Crippen molar-refractivity contribution in [3.8, 4) is 5.75 Å². The fraction of sp³-hybridized carbons (Fsp3) is 0.200. The number of rotatable bonds is 6. The van der Waals surface area contributed by atoms with Gasteiger partial charge in [0.25, 0.3) is 0 Å². The van der Waals surface area contributed by atoms with Crippen LogP contribution in [-0.4, -0.2) is 31.6 Å². The summed E-state index contributed by atoms with van der Waals surface area (Å²) in [6.07, 6.45) is -0.715. The quantitative estimate of drug-likeness (QED) is 0.561. The number of ether oxygens (including phenoxy) is 2. The van der Waals surface area contributed by atoms with E-state index in [1.54, 1.807) is 0 Å². The number of carbonyl (C=O) groups is 1. The lowest BCUT2D eigenvalue weighted by Gasteiger charge is -2.24. The molecule has 6 nitrogen and oxygen atoms in total. The average molecular weight is 451 g/mol. The number of nitrogens with zero attached hydrogens (tertiary/aromatic N) is 1. The number of hydrogen-bond donors (Lipinski definition) is 2. The van der Waals surface area contributed by atoms with E-state index in [1.807, 2.05) is 60.7 Å². The molecule has 2 atom stereocenters. The maximum Gasteiger partial charge on any atom is 0.408 e. The molecule has 4 rings (SSSR count). The Balaban J connectivity index is 1.56. The molecule has 3 aromatic rings. The van der Waals surface area contributed by atoms with Crippen molar-refractivity contribution < 1.29 is 23.0 Å². The topological polar surface area (TPSA) is 72.0 Å². The van der Waals surface area contributed by atoms with Crippen LogP contribution in [0.2, 0.25) is 0 Å². The van der Waals surface area contributed by atoms with Gasteiger partial charge in [0, 0.05) is 29.3 Å². The SMILES string of the molecule is COc1cc(F)c([C@@H]2CN=C(Nc3ccccc3)[C@H]2NC(=O)OCc2ccccc2)c(F)c1. The molecule has 1 aliphatic heterocycles. The standard InChI is InChI=1S/C25H23F2N3O3/c1-32-18-12-20(26)22(21(27)13-18)19-14-28-24(29-17-10-6-3-7-11-17)23(19)30-25(31)33-15-16-8-4-2-5-9-16/h2-13,19,23H,14-15H2,1H3,(H,28,29)(H,30,31)/t19-,23-/m0/s1. The summed E-state index contributed by atoms with van der Waals surface area (Å²) in [7, 11) is 1.33. The highest BCUT2D eigenvalue weighted by molar-refractivity contribution is 6.02. The average Bonchev–Trinajstić information content (AvgIpc) is 3.20. The number of anilines is 1.